The lowest BCUT2D eigenvalue weighted by molar-refractivity contribution is -0.120. The lowest BCUT2D eigenvalue weighted by Gasteiger charge is -2.21. The number of likely N-dealkylation sites (N-methyl/N-ethyl adjacent to an activating group) is 1. The van der Waals surface area contributed by atoms with Crippen LogP contribution in [0.1, 0.15) is 12.5 Å². The van der Waals surface area contributed by atoms with Crippen molar-refractivity contribution in [1.29, 1.82) is 0 Å². The van der Waals surface area contributed by atoms with Crippen molar-refractivity contribution in [2.75, 3.05) is 25.2 Å². The number of anilines is 1. The van der Waals surface area contributed by atoms with Crippen LogP contribution >= 0.6 is 0 Å². The molecule has 4 nitrogen and oxygen atoms in total. The fourth-order valence-corrected chi connectivity index (χ4v) is 2.50. The van der Waals surface area contributed by atoms with E-state index in [1.54, 1.807) is 19.1 Å². The summed E-state index contributed by atoms with van der Waals surface area (Å²) < 4.78 is 37.4. The SMILES string of the molecule is C=CCc1ccc(OCC(=O)N(CC)c2ccc(F)c(F)c2)c(OC)c1. The Balaban J connectivity index is 2.11. The van der Waals surface area contributed by atoms with E-state index in [2.05, 4.69) is 6.58 Å². The summed E-state index contributed by atoms with van der Waals surface area (Å²) in [5.41, 5.74) is 1.28. The summed E-state index contributed by atoms with van der Waals surface area (Å²) >= 11 is 0. The maximum atomic E-state index is 13.4. The van der Waals surface area contributed by atoms with Crippen LogP contribution in [0, 0.1) is 11.6 Å². The summed E-state index contributed by atoms with van der Waals surface area (Å²) in [7, 11) is 1.52. The number of ether oxygens (including phenoxy) is 2. The molecule has 2 aromatic rings. The molecule has 1 amide bonds. The first-order valence-corrected chi connectivity index (χ1v) is 8.16. The fraction of sp³-hybridized carbons (Fsp3) is 0.250. The average molecular weight is 361 g/mol. The van der Waals surface area contributed by atoms with Gasteiger partial charge in [-0.15, -0.1) is 6.58 Å². The van der Waals surface area contributed by atoms with E-state index in [0.29, 0.717) is 24.5 Å². The molecule has 0 saturated carbocycles. The lowest BCUT2D eigenvalue weighted by atomic mass is 10.1. The first-order chi connectivity index (χ1) is 12.5. The van der Waals surface area contributed by atoms with Gasteiger partial charge in [0.25, 0.3) is 5.91 Å². The summed E-state index contributed by atoms with van der Waals surface area (Å²) in [5.74, 6) is -1.41. The number of halogens is 2. The van der Waals surface area contributed by atoms with Gasteiger partial charge in [-0.2, -0.15) is 0 Å². The molecule has 0 aliphatic heterocycles. The van der Waals surface area contributed by atoms with Gasteiger partial charge in [-0.3, -0.25) is 4.79 Å². The normalized spacial score (nSPS) is 10.3. The molecule has 6 heteroatoms. The molecule has 0 atom stereocenters. The van der Waals surface area contributed by atoms with E-state index >= 15 is 0 Å². The zero-order valence-corrected chi connectivity index (χ0v) is 14.8. The molecule has 0 heterocycles. The van der Waals surface area contributed by atoms with Gasteiger partial charge in [-0.25, -0.2) is 8.78 Å². The minimum absolute atomic E-state index is 0.260. The summed E-state index contributed by atoms with van der Waals surface area (Å²) in [6.07, 6.45) is 2.47. The minimum atomic E-state index is -1.01. The topological polar surface area (TPSA) is 38.8 Å². The van der Waals surface area contributed by atoms with Crippen molar-refractivity contribution in [3.8, 4) is 11.5 Å². The number of amides is 1. The van der Waals surface area contributed by atoms with E-state index in [1.807, 2.05) is 12.1 Å². The minimum Gasteiger partial charge on any atom is -0.493 e. The Labute approximate surface area is 151 Å². The predicted molar refractivity (Wildman–Crippen MR) is 96.8 cm³/mol. The van der Waals surface area contributed by atoms with Crippen molar-refractivity contribution in [2.24, 2.45) is 0 Å². The Morgan fingerprint density at radius 3 is 2.54 bits per heavy atom. The van der Waals surface area contributed by atoms with Gasteiger partial charge in [0, 0.05) is 18.3 Å². The van der Waals surface area contributed by atoms with Crippen LogP contribution in [0.5, 0.6) is 11.5 Å². The van der Waals surface area contributed by atoms with Crippen molar-refractivity contribution in [3.05, 3.63) is 66.3 Å². The third-order valence-corrected chi connectivity index (χ3v) is 3.79. The van der Waals surface area contributed by atoms with Crippen LogP contribution in [0.25, 0.3) is 0 Å². The molecule has 26 heavy (non-hydrogen) atoms. The van der Waals surface area contributed by atoms with Crippen LogP contribution < -0.4 is 14.4 Å². The molecule has 0 saturated heterocycles. The number of hydrogen-bond donors (Lipinski definition) is 0. The second-order valence-corrected chi connectivity index (χ2v) is 5.50. The van der Waals surface area contributed by atoms with Crippen molar-refractivity contribution in [2.45, 2.75) is 13.3 Å². The largest absolute Gasteiger partial charge is 0.493 e. The molecule has 138 valence electrons. The number of rotatable bonds is 8. The highest BCUT2D eigenvalue weighted by molar-refractivity contribution is 5.94. The Morgan fingerprint density at radius 2 is 1.92 bits per heavy atom. The Kier molecular flexibility index (Phi) is 6.72. The monoisotopic (exact) mass is 361 g/mol. The summed E-state index contributed by atoms with van der Waals surface area (Å²) in [6, 6.07) is 8.72. The standard InChI is InChI=1S/C20H21F2NO3/c1-4-6-14-7-10-18(19(11-14)25-3)26-13-20(24)23(5-2)15-8-9-16(21)17(22)12-15/h4,7-12H,1,5-6,13H2,2-3H3. The third kappa shape index (κ3) is 4.59. The first-order valence-electron chi connectivity index (χ1n) is 8.16. The van der Waals surface area contributed by atoms with E-state index in [9.17, 15) is 13.6 Å². The molecule has 2 rings (SSSR count). The van der Waals surface area contributed by atoms with E-state index in [-0.39, 0.29) is 18.2 Å². The van der Waals surface area contributed by atoms with Crippen LogP contribution in [-0.2, 0) is 11.2 Å². The molecule has 0 fully saturated rings. The van der Waals surface area contributed by atoms with Crippen molar-refractivity contribution in [1.82, 2.24) is 0 Å². The zero-order valence-electron chi connectivity index (χ0n) is 14.8. The van der Waals surface area contributed by atoms with Crippen molar-refractivity contribution < 1.29 is 23.0 Å². The molecule has 0 unspecified atom stereocenters. The average Bonchev–Trinajstić information content (AvgIpc) is 2.64. The smallest absolute Gasteiger partial charge is 0.264 e. The molecule has 0 aromatic heterocycles. The third-order valence-electron chi connectivity index (χ3n) is 3.79. The molecular formula is C20H21F2NO3. The van der Waals surface area contributed by atoms with Crippen LogP contribution in [0.4, 0.5) is 14.5 Å². The van der Waals surface area contributed by atoms with Crippen LogP contribution in [0.15, 0.2) is 49.1 Å². The van der Waals surface area contributed by atoms with Crippen LogP contribution in [0.3, 0.4) is 0 Å². The predicted octanol–water partition coefficient (Wildman–Crippen LogP) is 4.13. The second kappa shape index (κ2) is 8.99. The Morgan fingerprint density at radius 1 is 1.15 bits per heavy atom. The fourth-order valence-electron chi connectivity index (χ4n) is 2.50. The van der Waals surface area contributed by atoms with Crippen LogP contribution in [-0.4, -0.2) is 26.2 Å². The summed E-state index contributed by atoms with van der Waals surface area (Å²) in [6.45, 7) is 5.46. The van der Waals surface area contributed by atoms with Gasteiger partial charge < -0.3 is 14.4 Å². The highest BCUT2D eigenvalue weighted by Gasteiger charge is 2.17. The number of carbonyl (C=O) groups is 1. The van der Waals surface area contributed by atoms with Gasteiger partial charge in [-0.05, 0) is 43.2 Å². The molecule has 0 aliphatic rings. The molecule has 0 N–H and O–H groups in total. The van der Waals surface area contributed by atoms with Crippen LogP contribution in [0.2, 0.25) is 0 Å². The first kappa shape index (κ1) is 19.4. The summed E-state index contributed by atoms with van der Waals surface area (Å²) in [4.78, 5) is 13.8. The van der Waals surface area contributed by atoms with E-state index in [4.69, 9.17) is 9.47 Å². The van der Waals surface area contributed by atoms with Crippen molar-refractivity contribution in [3.63, 3.8) is 0 Å². The van der Waals surface area contributed by atoms with Crippen molar-refractivity contribution >= 4 is 11.6 Å². The van der Waals surface area contributed by atoms with Gasteiger partial charge in [0.15, 0.2) is 29.7 Å². The number of carbonyl (C=O) groups excluding carboxylic acids is 1. The molecule has 0 aliphatic carbocycles. The van der Waals surface area contributed by atoms with Gasteiger partial charge in [0.2, 0.25) is 0 Å². The quantitative estimate of drug-likeness (QED) is 0.664. The van der Waals surface area contributed by atoms with E-state index in [1.165, 1.54) is 18.1 Å². The zero-order chi connectivity index (χ0) is 19.1. The Bertz CT molecular complexity index is 793. The number of benzene rings is 2. The highest BCUT2D eigenvalue weighted by Crippen LogP contribution is 2.28. The highest BCUT2D eigenvalue weighted by atomic mass is 19.2. The van der Waals surface area contributed by atoms with Gasteiger partial charge >= 0.3 is 0 Å². The van der Waals surface area contributed by atoms with Gasteiger partial charge in [-0.1, -0.05) is 12.1 Å². The molecule has 0 spiro atoms. The number of nitrogens with zero attached hydrogens (tertiary/aromatic N) is 1. The van der Waals surface area contributed by atoms with Gasteiger partial charge in [0.05, 0.1) is 7.11 Å². The van der Waals surface area contributed by atoms with Gasteiger partial charge in [0.1, 0.15) is 0 Å². The summed E-state index contributed by atoms with van der Waals surface area (Å²) in [5, 5.41) is 0. The number of hydrogen-bond acceptors (Lipinski definition) is 3. The van der Waals surface area contributed by atoms with E-state index in [0.717, 1.165) is 17.7 Å². The lowest BCUT2D eigenvalue weighted by Crippen LogP contribution is -2.35. The second-order valence-electron chi connectivity index (χ2n) is 5.50. The Hall–Kier alpha value is -2.89. The molecule has 0 radical (unpaired) electrons. The maximum Gasteiger partial charge on any atom is 0.264 e. The number of allylic oxidation sites excluding steroid dienone is 1. The number of methoxy groups -OCH3 is 1. The molecule has 0 bridgehead atoms. The molecular weight excluding hydrogens is 340 g/mol. The maximum absolute atomic E-state index is 13.4. The van der Waals surface area contributed by atoms with E-state index < -0.39 is 11.6 Å². The molecule has 2 aromatic carbocycles.